The van der Waals surface area contributed by atoms with Gasteiger partial charge in [-0.3, -0.25) is 0 Å². The minimum atomic E-state index is -3.78. The number of anilines is 1. The Bertz CT molecular complexity index is 517. The van der Waals surface area contributed by atoms with Crippen LogP contribution in [0.4, 0.5) is 10.1 Å². The van der Waals surface area contributed by atoms with Gasteiger partial charge in [0, 0.05) is 6.54 Å². The summed E-state index contributed by atoms with van der Waals surface area (Å²) in [5, 5.41) is 9.52. The monoisotopic (exact) mass is 276 g/mol. The number of rotatable bonds is 5. The Morgan fingerprint density at radius 3 is 2.56 bits per heavy atom. The van der Waals surface area contributed by atoms with Crippen LogP contribution < -0.4 is 10.5 Å². The normalized spacial score (nSPS) is 13.8. The number of aliphatic hydroxyl groups is 1. The minimum Gasteiger partial charge on any atom is -0.396 e. The first-order valence-electron chi connectivity index (χ1n) is 5.47. The van der Waals surface area contributed by atoms with Crippen LogP contribution in [0.5, 0.6) is 0 Å². The smallest absolute Gasteiger partial charge is 0.240 e. The van der Waals surface area contributed by atoms with Gasteiger partial charge >= 0.3 is 0 Å². The van der Waals surface area contributed by atoms with E-state index in [0.717, 1.165) is 18.2 Å². The molecule has 0 spiro atoms. The second-order valence-corrected chi connectivity index (χ2v) is 6.11. The van der Waals surface area contributed by atoms with Crippen LogP contribution >= 0.6 is 0 Å². The number of aliphatic hydroxyl groups excluding tert-OH is 1. The minimum absolute atomic E-state index is 0.0639. The third-order valence-corrected chi connectivity index (χ3v) is 3.95. The standard InChI is InChI=1S/C11H17FN2O3S/c1-7(2)11(15)6-14-18(16,17)8-3-4-9(12)10(13)5-8/h3-5,7,11,14-15H,6,13H2,1-2H3. The molecule has 0 bridgehead atoms. The molecule has 1 rings (SSSR count). The molecule has 0 aliphatic heterocycles. The Balaban J connectivity index is 2.83. The lowest BCUT2D eigenvalue weighted by Gasteiger charge is -2.15. The average molecular weight is 276 g/mol. The van der Waals surface area contributed by atoms with Crippen LogP contribution in [0.15, 0.2) is 23.1 Å². The molecule has 0 aliphatic rings. The molecular formula is C11H17FN2O3S. The zero-order chi connectivity index (χ0) is 13.9. The van der Waals surface area contributed by atoms with Crippen LogP contribution in [-0.4, -0.2) is 26.2 Å². The lowest BCUT2D eigenvalue weighted by atomic mass is 10.1. The van der Waals surface area contributed by atoms with Crippen LogP contribution in [-0.2, 0) is 10.0 Å². The first-order chi connectivity index (χ1) is 8.24. The van der Waals surface area contributed by atoms with Crippen LogP contribution in [0.1, 0.15) is 13.8 Å². The van der Waals surface area contributed by atoms with Gasteiger partial charge in [0.15, 0.2) is 0 Å². The Morgan fingerprint density at radius 1 is 1.44 bits per heavy atom. The molecule has 1 atom stereocenters. The van der Waals surface area contributed by atoms with E-state index < -0.39 is 21.9 Å². The first-order valence-corrected chi connectivity index (χ1v) is 6.95. The van der Waals surface area contributed by atoms with E-state index in [2.05, 4.69) is 4.72 Å². The predicted molar refractivity (Wildman–Crippen MR) is 66.8 cm³/mol. The fraction of sp³-hybridized carbons (Fsp3) is 0.455. The lowest BCUT2D eigenvalue weighted by Crippen LogP contribution is -2.34. The fourth-order valence-electron chi connectivity index (χ4n) is 1.20. The summed E-state index contributed by atoms with van der Waals surface area (Å²) in [5.41, 5.74) is 5.07. The third kappa shape index (κ3) is 3.66. The zero-order valence-electron chi connectivity index (χ0n) is 10.2. The molecule has 0 aromatic heterocycles. The molecule has 7 heteroatoms. The third-order valence-electron chi connectivity index (χ3n) is 2.53. The predicted octanol–water partition coefficient (Wildman–Crippen LogP) is 0.703. The highest BCUT2D eigenvalue weighted by Gasteiger charge is 2.18. The number of halogens is 1. The van der Waals surface area contributed by atoms with E-state index in [-0.39, 0.29) is 23.0 Å². The number of hydrogen-bond acceptors (Lipinski definition) is 4. The molecule has 0 aliphatic carbocycles. The van der Waals surface area contributed by atoms with Crippen molar-refractivity contribution >= 4 is 15.7 Å². The molecule has 0 amide bonds. The maximum atomic E-state index is 12.9. The van der Waals surface area contributed by atoms with Gasteiger partial charge in [0.25, 0.3) is 0 Å². The van der Waals surface area contributed by atoms with Crippen molar-refractivity contribution in [2.45, 2.75) is 24.8 Å². The van der Waals surface area contributed by atoms with E-state index >= 15 is 0 Å². The van der Waals surface area contributed by atoms with E-state index in [0.29, 0.717) is 0 Å². The number of nitrogens with one attached hydrogen (secondary N) is 1. The van der Waals surface area contributed by atoms with Gasteiger partial charge in [0.1, 0.15) is 5.82 Å². The number of benzene rings is 1. The molecule has 0 radical (unpaired) electrons. The zero-order valence-corrected chi connectivity index (χ0v) is 11.0. The summed E-state index contributed by atoms with van der Waals surface area (Å²) in [6, 6.07) is 3.15. The van der Waals surface area contributed by atoms with Gasteiger partial charge in [-0.05, 0) is 24.1 Å². The summed E-state index contributed by atoms with van der Waals surface area (Å²) < 4.78 is 38.8. The summed E-state index contributed by atoms with van der Waals surface area (Å²) >= 11 is 0. The highest BCUT2D eigenvalue weighted by atomic mass is 32.2. The summed E-state index contributed by atoms with van der Waals surface area (Å²) in [6.07, 6.45) is -0.780. The number of nitrogen functional groups attached to an aromatic ring is 1. The van der Waals surface area contributed by atoms with Crippen molar-refractivity contribution in [2.75, 3.05) is 12.3 Å². The van der Waals surface area contributed by atoms with Gasteiger partial charge < -0.3 is 10.8 Å². The number of sulfonamides is 1. The first kappa shape index (κ1) is 14.9. The van der Waals surface area contributed by atoms with Crippen molar-refractivity contribution in [3.63, 3.8) is 0 Å². The molecule has 0 heterocycles. The highest BCUT2D eigenvalue weighted by Crippen LogP contribution is 2.16. The Morgan fingerprint density at radius 2 is 2.06 bits per heavy atom. The van der Waals surface area contributed by atoms with Gasteiger partial charge in [0.05, 0.1) is 16.7 Å². The molecule has 1 unspecified atom stereocenters. The summed E-state index contributed by atoms with van der Waals surface area (Å²) in [5.74, 6) is -0.734. The molecule has 0 saturated carbocycles. The van der Waals surface area contributed by atoms with Crippen LogP contribution in [0.3, 0.4) is 0 Å². The van der Waals surface area contributed by atoms with Gasteiger partial charge in [-0.15, -0.1) is 0 Å². The van der Waals surface area contributed by atoms with E-state index in [4.69, 9.17) is 5.73 Å². The Labute approximate surface area is 106 Å². The highest BCUT2D eigenvalue weighted by molar-refractivity contribution is 7.89. The molecule has 102 valence electrons. The van der Waals surface area contributed by atoms with Crippen molar-refractivity contribution in [1.82, 2.24) is 4.72 Å². The van der Waals surface area contributed by atoms with Gasteiger partial charge in [0.2, 0.25) is 10.0 Å². The van der Waals surface area contributed by atoms with Crippen molar-refractivity contribution in [3.05, 3.63) is 24.0 Å². The molecule has 5 nitrogen and oxygen atoms in total. The van der Waals surface area contributed by atoms with Crippen molar-refractivity contribution in [2.24, 2.45) is 5.92 Å². The van der Waals surface area contributed by atoms with Crippen LogP contribution in [0.2, 0.25) is 0 Å². The second-order valence-electron chi connectivity index (χ2n) is 4.35. The van der Waals surface area contributed by atoms with E-state index in [1.165, 1.54) is 0 Å². The molecule has 1 aromatic rings. The molecule has 1 aromatic carbocycles. The average Bonchev–Trinajstić information content (AvgIpc) is 2.29. The van der Waals surface area contributed by atoms with E-state index in [1.54, 1.807) is 13.8 Å². The topological polar surface area (TPSA) is 92.4 Å². The van der Waals surface area contributed by atoms with Crippen LogP contribution in [0.25, 0.3) is 0 Å². The quantitative estimate of drug-likeness (QED) is 0.690. The van der Waals surface area contributed by atoms with Crippen molar-refractivity contribution in [1.29, 1.82) is 0 Å². The molecule has 18 heavy (non-hydrogen) atoms. The lowest BCUT2D eigenvalue weighted by molar-refractivity contribution is 0.129. The SMILES string of the molecule is CC(C)C(O)CNS(=O)(=O)c1ccc(F)c(N)c1. The van der Waals surface area contributed by atoms with Gasteiger partial charge in [-0.2, -0.15) is 0 Å². The van der Waals surface area contributed by atoms with E-state index in [1.807, 2.05) is 0 Å². The Hall–Kier alpha value is -1.18. The summed E-state index contributed by atoms with van der Waals surface area (Å²) in [4.78, 5) is -0.127. The molecule has 0 saturated heterocycles. The summed E-state index contributed by atoms with van der Waals surface area (Å²) in [6.45, 7) is 3.45. The Kier molecular flexibility index (Phi) is 4.66. The van der Waals surface area contributed by atoms with Gasteiger partial charge in [-0.25, -0.2) is 17.5 Å². The van der Waals surface area contributed by atoms with Gasteiger partial charge in [-0.1, -0.05) is 13.8 Å². The maximum Gasteiger partial charge on any atom is 0.240 e. The van der Waals surface area contributed by atoms with Crippen LogP contribution in [0, 0.1) is 11.7 Å². The van der Waals surface area contributed by atoms with Crippen molar-refractivity contribution < 1.29 is 17.9 Å². The van der Waals surface area contributed by atoms with E-state index in [9.17, 15) is 17.9 Å². The fourth-order valence-corrected chi connectivity index (χ4v) is 2.29. The second kappa shape index (κ2) is 5.64. The maximum absolute atomic E-state index is 12.9. The number of hydrogen-bond donors (Lipinski definition) is 3. The number of nitrogens with two attached hydrogens (primary N) is 1. The largest absolute Gasteiger partial charge is 0.396 e. The molecule has 0 fully saturated rings. The molecule has 4 N–H and O–H groups in total. The molecular weight excluding hydrogens is 259 g/mol. The van der Waals surface area contributed by atoms with Crippen molar-refractivity contribution in [3.8, 4) is 0 Å². The summed E-state index contributed by atoms with van der Waals surface area (Å²) in [7, 11) is -3.78.